The van der Waals surface area contributed by atoms with Crippen molar-refractivity contribution in [2.75, 3.05) is 5.32 Å². The predicted molar refractivity (Wildman–Crippen MR) is 141 cm³/mol. The smallest absolute Gasteiger partial charge is 0.243 e. The number of thioether (sulfide) groups is 1. The van der Waals surface area contributed by atoms with E-state index in [1.807, 2.05) is 43.3 Å². The molecule has 9 heteroatoms. The lowest BCUT2D eigenvalue weighted by Gasteiger charge is -2.14. The van der Waals surface area contributed by atoms with Gasteiger partial charge in [-0.3, -0.25) is 14.5 Å². The average Bonchev–Trinajstić information content (AvgIpc) is 3.45. The highest BCUT2D eigenvalue weighted by molar-refractivity contribution is 8.15. The number of allylic oxidation sites excluding steroid dienone is 1. The molecule has 0 saturated carbocycles. The number of hydrogen-bond donors (Lipinski definition) is 1. The van der Waals surface area contributed by atoms with Crippen LogP contribution in [-0.4, -0.2) is 33.3 Å². The lowest BCUT2D eigenvalue weighted by atomic mass is 10.1. The minimum atomic E-state index is -0.618. The first-order valence-electron chi connectivity index (χ1n) is 10.9. The number of hydrogen-bond acceptors (Lipinski definition) is 6. The first-order valence-corrected chi connectivity index (χ1v) is 12.1. The zero-order valence-electron chi connectivity index (χ0n) is 18.9. The molecule has 0 bridgehead atoms. The molecule has 0 aliphatic carbocycles. The predicted octanol–water partition coefficient (Wildman–Crippen LogP) is 5.85. The van der Waals surface area contributed by atoms with Gasteiger partial charge in [0.2, 0.25) is 11.8 Å². The van der Waals surface area contributed by atoms with E-state index in [9.17, 15) is 9.59 Å². The minimum Gasteiger partial charge on any atom is -0.467 e. The van der Waals surface area contributed by atoms with E-state index in [0.717, 1.165) is 11.1 Å². The molecule has 4 rings (SSSR count). The molecule has 3 aromatic rings. The van der Waals surface area contributed by atoms with Gasteiger partial charge in [-0.15, -0.1) is 5.10 Å². The van der Waals surface area contributed by atoms with Gasteiger partial charge in [-0.05, 0) is 54.5 Å². The quantitative estimate of drug-likeness (QED) is 0.306. The Bertz CT molecular complexity index is 1260. The lowest BCUT2D eigenvalue weighted by molar-refractivity contribution is -0.128. The minimum absolute atomic E-state index is 0.00352. The highest BCUT2D eigenvalue weighted by atomic mass is 35.5. The number of amides is 2. The Hall–Kier alpha value is -3.62. The molecular formula is C26H23ClN4O3S. The van der Waals surface area contributed by atoms with Gasteiger partial charge in [-0.25, -0.2) is 0 Å². The number of nitrogens with one attached hydrogen (secondary N) is 1. The third-order valence-electron chi connectivity index (χ3n) is 5.01. The van der Waals surface area contributed by atoms with E-state index in [1.54, 1.807) is 48.9 Å². The van der Waals surface area contributed by atoms with Crippen LogP contribution in [0.2, 0.25) is 5.02 Å². The van der Waals surface area contributed by atoms with Crippen LogP contribution < -0.4 is 5.32 Å². The van der Waals surface area contributed by atoms with Crippen molar-refractivity contribution in [3.63, 3.8) is 0 Å². The number of carbonyl (C=O) groups is 2. The first kappa shape index (κ1) is 24.5. The van der Waals surface area contributed by atoms with Crippen molar-refractivity contribution in [1.29, 1.82) is 0 Å². The number of benzene rings is 2. The molecule has 2 amide bonds. The molecule has 1 aromatic heterocycles. The maximum atomic E-state index is 13.1. The van der Waals surface area contributed by atoms with E-state index in [-0.39, 0.29) is 24.8 Å². The maximum absolute atomic E-state index is 13.1. The molecule has 1 saturated heterocycles. The van der Waals surface area contributed by atoms with Crippen LogP contribution in [0.1, 0.15) is 24.7 Å². The van der Waals surface area contributed by atoms with Crippen LogP contribution >= 0.6 is 23.4 Å². The second-order valence-electron chi connectivity index (χ2n) is 7.80. The number of halogens is 1. The average molecular weight is 507 g/mol. The fourth-order valence-electron chi connectivity index (χ4n) is 3.35. The molecule has 1 atom stereocenters. The maximum Gasteiger partial charge on any atom is 0.243 e. The van der Waals surface area contributed by atoms with Crippen LogP contribution in [0.5, 0.6) is 0 Å². The summed E-state index contributed by atoms with van der Waals surface area (Å²) in [6, 6.07) is 20.2. The highest BCUT2D eigenvalue weighted by Gasteiger charge is 2.39. The van der Waals surface area contributed by atoms with E-state index in [2.05, 4.69) is 15.5 Å². The van der Waals surface area contributed by atoms with Gasteiger partial charge >= 0.3 is 0 Å². The van der Waals surface area contributed by atoms with Crippen LogP contribution in [0.25, 0.3) is 6.08 Å². The molecular weight excluding hydrogens is 484 g/mol. The highest BCUT2D eigenvalue weighted by Crippen LogP contribution is 2.31. The Labute approximate surface area is 212 Å². The third kappa shape index (κ3) is 6.94. The van der Waals surface area contributed by atoms with Crippen LogP contribution in [-0.2, 0) is 16.1 Å². The molecule has 1 aliphatic heterocycles. The normalized spacial score (nSPS) is 17.5. The summed E-state index contributed by atoms with van der Waals surface area (Å²) >= 11 is 7.11. The van der Waals surface area contributed by atoms with Crippen LogP contribution in [0.3, 0.4) is 0 Å². The van der Waals surface area contributed by atoms with Gasteiger partial charge in [0.05, 0.1) is 19.0 Å². The number of furan rings is 1. The molecule has 2 heterocycles. The van der Waals surface area contributed by atoms with Crippen LogP contribution in [0.15, 0.2) is 93.2 Å². The van der Waals surface area contributed by atoms with Gasteiger partial charge < -0.3 is 9.73 Å². The summed E-state index contributed by atoms with van der Waals surface area (Å²) < 4.78 is 5.41. The molecule has 2 aromatic carbocycles. The van der Waals surface area contributed by atoms with Gasteiger partial charge in [0.15, 0.2) is 5.17 Å². The molecule has 35 heavy (non-hydrogen) atoms. The molecule has 0 spiro atoms. The Morgan fingerprint density at radius 3 is 2.63 bits per heavy atom. The van der Waals surface area contributed by atoms with Crippen molar-refractivity contribution in [3.8, 4) is 0 Å². The number of carbonyl (C=O) groups excluding carboxylic acids is 2. The standard InChI is InChI=1S/C26H23ClN4O3S/c1-18(14-19-6-3-2-4-7-19)16-28-30-26-31(17-22-8-5-13-34-22)25(33)23(35-26)15-24(32)29-21-11-9-20(27)10-12-21/h2-14,16,23H,15,17H2,1H3,(H,29,32)/b18-14+,28-16-,30-26-/t23-/m0/s1. The Balaban J connectivity index is 1.47. The van der Waals surface area contributed by atoms with Gasteiger partial charge in [0.25, 0.3) is 0 Å². The number of amidine groups is 1. The molecule has 1 fully saturated rings. The van der Waals surface area contributed by atoms with Gasteiger partial charge in [-0.1, -0.05) is 59.8 Å². The summed E-state index contributed by atoms with van der Waals surface area (Å²) in [7, 11) is 0. The van der Waals surface area contributed by atoms with Crippen LogP contribution in [0.4, 0.5) is 5.69 Å². The molecule has 1 aliphatic rings. The fraction of sp³-hybridized carbons (Fsp3) is 0.154. The van der Waals surface area contributed by atoms with Crippen molar-refractivity contribution in [3.05, 3.63) is 94.9 Å². The monoisotopic (exact) mass is 506 g/mol. The Kier molecular flexibility index (Phi) is 8.18. The summed E-state index contributed by atoms with van der Waals surface area (Å²) in [5.41, 5.74) is 2.58. The summed E-state index contributed by atoms with van der Waals surface area (Å²) in [6.45, 7) is 2.13. The molecule has 178 valence electrons. The van der Waals surface area contributed by atoms with E-state index < -0.39 is 5.25 Å². The first-order chi connectivity index (χ1) is 17.0. The largest absolute Gasteiger partial charge is 0.467 e. The van der Waals surface area contributed by atoms with E-state index in [1.165, 1.54) is 16.7 Å². The summed E-state index contributed by atoms with van der Waals surface area (Å²) in [4.78, 5) is 27.2. The van der Waals surface area contributed by atoms with Gasteiger partial charge in [-0.2, -0.15) is 5.10 Å². The fourth-order valence-corrected chi connectivity index (χ4v) is 4.57. The number of rotatable bonds is 8. The third-order valence-corrected chi connectivity index (χ3v) is 6.43. The summed E-state index contributed by atoms with van der Waals surface area (Å²) in [6.07, 6.45) is 5.17. The SMILES string of the molecule is CC(/C=N\N=C1/S[C@@H](CC(=O)Nc2ccc(Cl)cc2)C(=O)N1Cc1ccco1)=C\c1ccccc1. The van der Waals surface area contributed by atoms with E-state index in [0.29, 0.717) is 21.6 Å². The van der Waals surface area contributed by atoms with Crippen molar-refractivity contribution in [2.45, 2.75) is 25.1 Å². The molecule has 0 radical (unpaired) electrons. The Morgan fingerprint density at radius 2 is 1.91 bits per heavy atom. The zero-order valence-corrected chi connectivity index (χ0v) is 20.5. The van der Waals surface area contributed by atoms with Gasteiger partial charge in [0, 0.05) is 17.1 Å². The summed E-state index contributed by atoms with van der Waals surface area (Å²) in [5, 5.41) is 11.7. The van der Waals surface area contributed by atoms with Crippen molar-refractivity contribution < 1.29 is 14.0 Å². The Morgan fingerprint density at radius 1 is 1.14 bits per heavy atom. The topological polar surface area (TPSA) is 87.3 Å². The zero-order chi connectivity index (χ0) is 24.6. The van der Waals surface area contributed by atoms with Crippen molar-refractivity contribution >= 4 is 58.3 Å². The number of anilines is 1. The van der Waals surface area contributed by atoms with E-state index in [4.69, 9.17) is 16.0 Å². The van der Waals surface area contributed by atoms with Gasteiger partial charge in [0.1, 0.15) is 11.0 Å². The van der Waals surface area contributed by atoms with Crippen molar-refractivity contribution in [1.82, 2.24) is 4.90 Å². The van der Waals surface area contributed by atoms with Crippen LogP contribution in [0, 0.1) is 0 Å². The summed E-state index contributed by atoms with van der Waals surface area (Å²) in [5.74, 6) is 0.118. The van der Waals surface area contributed by atoms with E-state index >= 15 is 0 Å². The number of nitrogens with zero attached hydrogens (tertiary/aromatic N) is 3. The lowest BCUT2D eigenvalue weighted by Crippen LogP contribution is -2.33. The molecule has 1 N–H and O–H groups in total. The molecule has 0 unspecified atom stereocenters. The van der Waals surface area contributed by atoms with Crippen molar-refractivity contribution in [2.24, 2.45) is 10.2 Å². The second-order valence-corrected chi connectivity index (χ2v) is 9.40. The molecule has 7 nitrogen and oxygen atoms in total. The second kappa shape index (κ2) is 11.7.